The average molecular weight is 212 g/mol. The van der Waals surface area contributed by atoms with Crippen LogP contribution in [0.5, 0.6) is 0 Å². The SMILES string of the molecule is Nc1cc(C(F)(F)F)nc2ccccc12. The van der Waals surface area contributed by atoms with Gasteiger partial charge in [-0.05, 0) is 12.1 Å². The van der Waals surface area contributed by atoms with Crippen molar-refractivity contribution in [2.45, 2.75) is 6.18 Å². The van der Waals surface area contributed by atoms with Crippen LogP contribution in [0.3, 0.4) is 0 Å². The van der Waals surface area contributed by atoms with Crippen LogP contribution >= 0.6 is 0 Å². The summed E-state index contributed by atoms with van der Waals surface area (Å²) in [6, 6.07) is 7.31. The number of anilines is 1. The molecule has 5 heteroatoms. The summed E-state index contributed by atoms with van der Waals surface area (Å²) in [4.78, 5) is 3.50. The molecule has 2 rings (SSSR count). The quantitative estimate of drug-likeness (QED) is 0.729. The molecule has 0 radical (unpaired) electrons. The van der Waals surface area contributed by atoms with Gasteiger partial charge >= 0.3 is 6.18 Å². The summed E-state index contributed by atoms with van der Waals surface area (Å²) < 4.78 is 37.1. The van der Waals surface area contributed by atoms with E-state index < -0.39 is 11.9 Å². The Morgan fingerprint density at radius 3 is 2.47 bits per heavy atom. The number of fused-ring (bicyclic) bond motifs is 1. The lowest BCUT2D eigenvalue weighted by Gasteiger charge is -2.08. The number of para-hydroxylation sites is 1. The van der Waals surface area contributed by atoms with E-state index in [1.807, 2.05) is 0 Å². The minimum atomic E-state index is -4.46. The molecule has 1 aromatic heterocycles. The lowest BCUT2D eigenvalue weighted by atomic mass is 10.1. The van der Waals surface area contributed by atoms with Crippen LogP contribution in [0.4, 0.5) is 18.9 Å². The average Bonchev–Trinajstić information content (AvgIpc) is 2.16. The second-order valence-electron chi connectivity index (χ2n) is 3.11. The number of benzene rings is 1. The van der Waals surface area contributed by atoms with Crippen molar-refractivity contribution in [1.82, 2.24) is 4.98 Å². The second-order valence-corrected chi connectivity index (χ2v) is 3.11. The molecule has 0 aliphatic rings. The van der Waals surface area contributed by atoms with E-state index in [-0.39, 0.29) is 11.2 Å². The van der Waals surface area contributed by atoms with E-state index in [0.29, 0.717) is 5.39 Å². The van der Waals surface area contributed by atoms with Gasteiger partial charge in [0.05, 0.1) is 5.52 Å². The van der Waals surface area contributed by atoms with Gasteiger partial charge in [-0.2, -0.15) is 13.2 Å². The van der Waals surface area contributed by atoms with Gasteiger partial charge in [-0.15, -0.1) is 0 Å². The first-order valence-electron chi connectivity index (χ1n) is 4.21. The number of nitrogen functional groups attached to an aromatic ring is 1. The van der Waals surface area contributed by atoms with E-state index in [0.717, 1.165) is 6.07 Å². The Balaban J connectivity index is 2.73. The predicted octanol–water partition coefficient (Wildman–Crippen LogP) is 2.84. The zero-order valence-electron chi connectivity index (χ0n) is 7.55. The summed E-state index contributed by atoms with van der Waals surface area (Å²) in [5.74, 6) is 0. The molecule has 0 amide bonds. The molecular weight excluding hydrogens is 205 g/mol. The third-order valence-electron chi connectivity index (χ3n) is 2.04. The van der Waals surface area contributed by atoms with Crippen LogP contribution in [0, 0.1) is 0 Å². The van der Waals surface area contributed by atoms with Crippen LogP contribution < -0.4 is 5.73 Å². The maximum Gasteiger partial charge on any atom is 0.433 e. The molecule has 15 heavy (non-hydrogen) atoms. The summed E-state index contributed by atoms with van der Waals surface area (Å²) in [5, 5.41) is 0.533. The molecule has 0 saturated carbocycles. The highest BCUT2D eigenvalue weighted by molar-refractivity contribution is 5.90. The summed E-state index contributed by atoms with van der Waals surface area (Å²) in [6.45, 7) is 0. The van der Waals surface area contributed by atoms with Gasteiger partial charge in [0, 0.05) is 11.1 Å². The largest absolute Gasteiger partial charge is 0.433 e. The molecule has 0 aliphatic carbocycles. The van der Waals surface area contributed by atoms with E-state index >= 15 is 0 Å². The fourth-order valence-corrected chi connectivity index (χ4v) is 1.35. The minimum Gasteiger partial charge on any atom is -0.398 e. The van der Waals surface area contributed by atoms with Gasteiger partial charge < -0.3 is 5.73 Å². The molecule has 0 saturated heterocycles. The Hall–Kier alpha value is -1.78. The fraction of sp³-hybridized carbons (Fsp3) is 0.100. The third-order valence-corrected chi connectivity index (χ3v) is 2.04. The fourth-order valence-electron chi connectivity index (χ4n) is 1.35. The van der Waals surface area contributed by atoms with Crippen molar-refractivity contribution in [3.8, 4) is 0 Å². The van der Waals surface area contributed by atoms with Crippen molar-refractivity contribution in [3.05, 3.63) is 36.0 Å². The lowest BCUT2D eigenvalue weighted by molar-refractivity contribution is -0.140. The normalized spacial score (nSPS) is 11.9. The Bertz CT molecular complexity index is 505. The molecular formula is C10H7F3N2. The molecule has 0 unspecified atom stereocenters. The molecule has 0 bridgehead atoms. The van der Waals surface area contributed by atoms with Crippen LogP contribution in [0.15, 0.2) is 30.3 Å². The van der Waals surface area contributed by atoms with Gasteiger partial charge in [0.25, 0.3) is 0 Å². The number of hydrogen-bond acceptors (Lipinski definition) is 2. The number of pyridine rings is 1. The molecule has 0 atom stereocenters. The zero-order valence-corrected chi connectivity index (χ0v) is 7.55. The number of halogens is 3. The number of nitrogens with two attached hydrogens (primary N) is 1. The number of nitrogens with zero attached hydrogens (tertiary/aromatic N) is 1. The maximum atomic E-state index is 12.4. The number of rotatable bonds is 0. The van der Waals surface area contributed by atoms with Crippen LogP contribution in [0.2, 0.25) is 0 Å². The zero-order chi connectivity index (χ0) is 11.1. The van der Waals surface area contributed by atoms with E-state index in [2.05, 4.69) is 4.98 Å². The first kappa shape index (κ1) is 9.76. The van der Waals surface area contributed by atoms with Gasteiger partial charge in [0.15, 0.2) is 0 Å². The maximum absolute atomic E-state index is 12.4. The second kappa shape index (κ2) is 3.12. The van der Waals surface area contributed by atoms with Crippen molar-refractivity contribution in [2.24, 2.45) is 0 Å². The molecule has 2 N–H and O–H groups in total. The van der Waals surface area contributed by atoms with E-state index in [9.17, 15) is 13.2 Å². The van der Waals surface area contributed by atoms with E-state index in [4.69, 9.17) is 5.73 Å². The van der Waals surface area contributed by atoms with Crippen LogP contribution in [0.25, 0.3) is 10.9 Å². The highest BCUT2D eigenvalue weighted by Crippen LogP contribution is 2.31. The Labute approximate surface area is 83.5 Å². The van der Waals surface area contributed by atoms with Crippen LogP contribution in [-0.2, 0) is 6.18 Å². The van der Waals surface area contributed by atoms with Crippen LogP contribution in [-0.4, -0.2) is 4.98 Å². The van der Waals surface area contributed by atoms with Gasteiger partial charge in [-0.25, -0.2) is 4.98 Å². The molecule has 1 heterocycles. The highest BCUT2D eigenvalue weighted by atomic mass is 19.4. The molecule has 78 valence electrons. The minimum absolute atomic E-state index is 0.0907. The molecule has 2 aromatic rings. The highest BCUT2D eigenvalue weighted by Gasteiger charge is 2.33. The van der Waals surface area contributed by atoms with Crippen molar-refractivity contribution in [3.63, 3.8) is 0 Å². The van der Waals surface area contributed by atoms with Gasteiger partial charge in [-0.1, -0.05) is 18.2 Å². The monoisotopic (exact) mass is 212 g/mol. The summed E-state index contributed by atoms with van der Waals surface area (Å²) in [7, 11) is 0. The smallest absolute Gasteiger partial charge is 0.398 e. The standard InChI is InChI=1S/C10H7F3N2/c11-10(12,13)9-5-7(14)6-3-1-2-4-8(6)15-9/h1-5H,(H2,14,15). The van der Waals surface area contributed by atoms with Crippen molar-refractivity contribution < 1.29 is 13.2 Å². The van der Waals surface area contributed by atoms with Crippen molar-refractivity contribution >= 4 is 16.6 Å². The topological polar surface area (TPSA) is 38.9 Å². The lowest BCUT2D eigenvalue weighted by Crippen LogP contribution is -2.08. The molecule has 0 aliphatic heterocycles. The van der Waals surface area contributed by atoms with Crippen LogP contribution in [0.1, 0.15) is 5.69 Å². The van der Waals surface area contributed by atoms with E-state index in [1.165, 1.54) is 6.07 Å². The Morgan fingerprint density at radius 1 is 1.13 bits per heavy atom. The summed E-state index contributed by atoms with van der Waals surface area (Å²) >= 11 is 0. The molecule has 2 nitrogen and oxygen atoms in total. The van der Waals surface area contributed by atoms with E-state index in [1.54, 1.807) is 18.2 Å². The van der Waals surface area contributed by atoms with Gasteiger partial charge in [0.1, 0.15) is 5.69 Å². The summed E-state index contributed by atoms with van der Waals surface area (Å²) in [6.07, 6.45) is -4.46. The number of hydrogen-bond donors (Lipinski definition) is 1. The number of alkyl halides is 3. The van der Waals surface area contributed by atoms with Gasteiger partial charge in [0.2, 0.25) is 0 Å². The van der Waals surface area contributed by atoms with Crippen molar-refractivity contribution in [1.29, 1.82) is 0 Å². The molecule has 0 fully saturated rings. The predicted molar refractivity (Wildman–Crippen MR) is 51.2 cm³/mol. The molecule has 0 spiro atoms. The van der Waals surface area contributed by atoms with Gasteiger partial charge in [-0.3, -0.25) is 0 Å². The Morgan fingerprint density at radius 2 is 1.80 bits per heavy atom. The third kappa shape index (κ3) is 1.72. The first-order valence-corrected chi connectivity index (χ1v) is 4.21. The molecule has 1 aromatic carbocycles. The van der Waals surface area contributed by atoms with Crippen molar-refractivity contribution in [2.75, 3.05) is 5.73 Å². The Kier molecular flexibility index (Phi) is 2.03. The first-order chi connectivity index (χ1) is 6.98. The summed E-state index contributed by atoms with van der Waals surface area (Å²) in [5.41, 5.74) is 4.90. The number of aromatic nitrogens is 1.